The Labute approximate surface area is 169 Å². The van der Waals surface area contributed by atoms with Gasteiger partial charge in [0.1, 0.15) is 0 Å². The lowest BCUT2D eigenvalue weighted by atomic mass is 9.70. The first-order chi connectivity index (χ1) is 13.8. The Morgan fingerprint density at radius 3 is 2.79 bits per heavy atom. The van der Waals surface area contributed by atoms with E-state index in [-0.39, 0.29) is 41.4 Å². The van der Waals surface area contributed by atoms with Gasteiger partial charge in [0, 0.05) is 13.0 Å². The van der Waals surface area contributed by atoms with Crippen LogP contribution in [0.2, 0.25) is 0 Å². The van der Waals surface area contributed by atoms with Gasteiger partial charge in [0.25, 0.3) is 0 Å². The molecule has 1 aromatic carbocycles. The molecule has 154 valence electrons. The highest BCUT2D eigenvalue weighted by Crippen LogP contribution is 2.49. The van der Waals surface area contributed by atoms with E-state index in [1.54, 1.807) is 13.1 Å². The van der Waals surface area contributed by atoms with Crippen LogP contribution in [0, 0.1) is 23.6 Å². The number of phenols is 1. The second-order valence-electron chi connectivity index (χ2n) is 8.48. The summed E-state index contributed by atoms with van der Waals surface area (Å²) in [4.78, 5) is 26.3. The largest absolute Gasteiger partial charge is 0.505 e. The van der Waals surface area contributed by atoms with Crippen molar-refractivity contribution in [1.82, 2.24) is 4.90 Å². The summed E-state index contributed by atoms with van der Waals surface area (Å²) in [5, 5.41) is 9.31. The number of ether oxygens (including phenoxy) is 1. The molecule has 1 aromatic rings. The lowest BCUT2D eigenvalue weighted by Crippen LogP contribution is -2.33. The van der Waals surface area contributed by atoms with E-state index >= 15 is 0 Å². The van der Waals surface area contributed by atoms with Crippen molar-refractivity contribution in [2.45, 2.75) is 39.2 Å². The number of benzene rings is 1. The fourth-order valence-corrected chi connectivity index (χ4v) is 5.11. The van der Waals surface area contributed by atoms with Crippen LogP contribution in [0.3, 0.4) is 0 Å². The zero-order valence-electron chi connectivity index (χ0n) is 16.9. The summed E-state index contributed by atoms with van der Waals surface area (Å²) in [7, 11) is 1.57. The van der Waals surface area contributed by atoms with Gasteiger partial charge in [-0.3, -0.25) is 14.5 Å². The minimum absolute atomic E-state index is 0.00405. The number of hydrogen-bond acceptors (Lipinski definition) is 4. The van der Waals surface area contributed by atoms with Crippen LogP contribution in [0.1, 0.15) is 38.7 Å². The molecule has 0 radical (unpaired) electrons. The molecule has 2 fully saturated rings. The summed E-state index contributed by atoms with van der Waals surface area (Å²) in [6.45, 7) is 4.53. The number of carbonyl (C=O) groups is 2. The number of hydrogen-bond donors (Lipinski definition) is 1. The third-order valence-corrected chi connectivity index (χ3v) is 6.56. The fourth-order valence-electron chi connectivity index (χ4n) is 5.11. The van der Waals surface area contributed by atoms with E-state index in [1.807, 2.05) is 13.0 Å². The third kappa shape index (κ3) is 3.39. The highest BCUT2D eigenvalue weighted by molar-refractivity contribution is 6.05. The first-order valence-corrected chi connectivity index (χ1v) is 10.1. The fraction of sp³-hybridized carbons (Fsp3) is 0.478. The number of carbonyl (C=O) groups excluding carboxylic acids is 2. The van der Waals surface area contributed by atoms with Crippen LogP contribution in [-0.2, 0) is 14.3 Å². The molecule has 4 atom stereocenters. The summed E-state index contributed by atoms with van der Waals surface area (Å²) in [5.41, 5.74) is 4.17. The van der Waals surface area contributed by atoms with E-state index in [9.17, 15) is 19.1 Å². The molecular weight excluding hydrogens is 373 g/mol. The van der Waals surface area contributed by atoms with E-state index in [0.29, 0.717) is 18.6 Å². The van der Waals surface area contributed by atoms with Gasteiger partial charge in [-0.15, -0.1) is 0 Å². The van der Waals surface area contributed by atoms with Gasteiger partial charge in [0.05, 0.1) is 24.5 Å². The Hall–Kier alpha value is -2.47. The molecule has 0 spiro atoms. The van der Waals surface area contributed by atoms with Crippen molar-refractivity contribution >= 4 is 17.9 Å². The molecule has 2 amide bonds. The molecule has 2 saturated heterocycles. The van der Waals surface area contributed by atoms with Crippen LogP contribution >= 0.6 is 0 Å². The number of nitrogens with zero attached hydrogens (tertiary/aromatic N) is 1. The van der Waals surface area contributed by atoms with Gasteiger partial charge < -0.3 is 9.84 Å². The van der Waals surface area contributed by atoms with E-state index in [1.165, 1.54) is 28.2 Å². The van der Waals surface area contributed by atoms with Gasteiger partial charge >= 0.3 is 0 Å². The standard InChI is InChI=1S/C23H26FNO4/c1-12(8-14-5-6-18(26)17(24)10-14)4-7-19-20-13(2)9-15-21(16(20)11-29-19)23(28)25(3)22(15)27/h5-6,8,10,15-16,19,21,26H,4,7,9,11H2,1-3H3/b12-8+/t15-,16+,19-,21-/m1/s1. The predicted octanol–water partition coefficient (Wildman–Crippen LogP) is 3.68. The van der Waals surface area contributed by atoms with E-state index in [4.69, 9.17) is 4.74 Å². The first-order valence-electron chi connectivity index (χ1n) is 10.1. The normalized spacial score (nSPS) is 29.5. The Kier molecular flexibility index (Phi) is 5.07. The lowest BCUT2D eigenvalue weighted by Gasteiger charge is -2.30. The number of amides is 2. The number of fused-ring (bicyclic) bond motifs is 3. The summed E-state index contributed by atoms with van der Waals surface area (Å²) in [6.07, 6.45) is 4.04. The zero-order chi connectivity index (χ0) is 20.9. The number of rotatable bonds is 4. The van der Waals surface area contributed by atoms with E-state index in [2.05, 4.69) is 6.92 Å². The molecular formula is C23H26FNO4. The summed E-state index contributed by atoms with van der Waals surface area (Å²) >= 11 is 0. The van der Waals surface area contributed by atoms with Gasteiger partial charge in [-0.25, -0.2) is 4.39 Å². The highest BCUT2D eigenvalue weighted by Gasteiger charge is 2.55. The maximum atomic E-state index is 13.5. The topological polar surface area (TPSA) is 66.8 Å². The molecule has 2 aliphatic heterocycles. The molecule has 0 saturated carbocycles. The van der Waals surface area contributed by atoms with E-state index < -0.39 is 5.82 Å². The quantitative estimate of drug-likeness (QED) is 0.620. The van der Waals surface area contributed by atoms with Crippen molar-refractivity contribution in [1.29, 1.82) is 0 Å². The van der Waals surface area contributed by atoms with Gasteiger partial charge in [-0.1, -0.05) is 23.3 Å². The molecule has 3 aliphatic rings. The third-order valence-electron chi connectivity index (χ3n) is 6.56. The summed E-state index contributed by atoms with van der Waals surface area (Å²) in [6, 6.07) is 4.34. The smallest absolute Gasteiger partial charge is 0.233 e. The molecule has 6 heteroatoms. The monoisotopic (exact) mass is 399 g/mol. The van der Waals surface area contributed by atoms with Crippen LogP contribution in [0.5, 0.6) is 5.75 Å². The minimum atomic E-state index is -0.633. The number of halogens is 1. The first kappa shape index (κ1) is 19.8. The summed E-state index contributed by atoms with van der Waals surface area (Å²) < 4.78 is 19.6. The van der Waals surface area contributed by atoms with Gasteiger partial charge in [-0.05, 0) is 56.4 Å². The minimum Gasteiger partial charge on any atom is -0.505 e. The van der Waals surface area contributed by atoms with Crippen LogP contribution in [-0.4, -0.2) is 41.6 Å². The van der Waals surface area contributed by atoms with Crippen molar-refractivity contribution in [3.05, 3.63) is 46.3 Å². The van der Waals surface area contributed by atoms with E-state index in [0.717, 1.165) is 18.4 Å². The Balaban J connectivity index is 1.47. The Morgan fingerprint density at radius 2 is 2.07 bits per heavy atom. The molecule has 29 heavy (non-hydrogen) atoms. The molecule has 2 heterocycles. The predicted molar refractivity (Wildman–Crippen MR) is 106 cm³/mol. The molecule has 1 aliphatic carbocycles. The molecule has 0 unspecified atom stereocenters. The lowest BCUT2D eigenvalue weighted by molar-refractivity contribution is -0.138. The Morgan fingerprint density at radius 1 is 1.31 bits per heavy atom. The van der Waals surface area contributed by atoms with Crippen molar-refractivity contribution in [3.63, 3.8) is 0 Å². The number of phenolic OH excluding ortho intramolecular Hbond substituents is 1. The van der Waals surface area contributed by atoms with Gasteiger partial charge in [-0.2, -0.15) is 0 Å². The van der Waals surface area contributed by atoms with Crippen molar-refractivity contribution in [2.24, 2.45) is 17.8 Å². The van der Waals surface area contributed by atoms with Crippen LogP contribution in [0.15, 0.2) is 34.9 Å². The number of allylic oxidation sites excluding steroid dienone is 2. The van der Waals surface area contributed by atoms with Crippen LogP contribution < -0.4 is 0 Å². The van der Waals surface area contributed by atoms with Crippen LogP contribution in [0.25, 0.3) is 6.08 Å². The highest BCUT2D eigenvalue weighted by atomic mass is 19.1. The van der Waals surface area contributed by atoms with Crippen molar-refractivity contribution in [3.8, 4) is 5.75 Å². The number of aromatic hydroxyl groups is 1. The average molecular weight is 399 g/mol. The SMILES string of the molecule is CC1=C2[C@@H](CC/C(C)=C/c3ccc(O)c(F)c3)OC[C@@H]2[C@@H]2C(=O)N(C)C(=O)[C@@H]2C1. The summed E-state index contributed by atoms with van der Waals surface area (Å²) in [5.74, 6) is -1.66. The van der Waals surface area contributed by atoms with Gasteiger partial charge in [0.15, 0.2) is 11.6 Å². The second kappa shape index (κ2) is 7.41. The maximum absolute atomic E-state index is 13.5. The zero-order valence-corrected chi connectivity index (χ0v) is 16.9. The molecule has 5 nitrogen and oxygen atoms in total. The molecule has 0 bridgehead atoms. The average Bonchev–Trinajstić information content (AvgIpc) is 3.19. The second-order valence-corrected chi connectivity index (χ2v) is 8.48. The molecule has 1 N–H and O–H groups in total. The molecule has 0 aromatic heterocycles. The number of likely N-dealkylation sites (tertiary alicyclic amines) is 1. The number of imide groups is 1. The van der Waals surface area contributed by atoms with Crippen molar-refractivity contribution in [2.75, 3.05) is 13.7 Å². The van der Waals surface area contributed by atoms with Crippen LogP contribution in [0.4, 0.5) is 4.39 Å². The van der Waals surface area contributed by atoms with Gasteiger partial charge in [0.2, 0.25) is 11.8 Å². The molecule has 4 rings (SSSR count). The Bertz CT molecular complexity index is 935. The maximum Gasteiger partial charge on any atom is 0.233 e. The van der Waals surface area contributed by atoms with Crippen molar-refractivity contribution < 1.29 is 23.8 Å².